The lowest BCUT2D eigenvalue weighted by atomic mass is 10.2. The van der Waals surface area contributed by atoms with Gasteiger partial charge in [0, 0.05) is 11.6 Å². The van der Waals surface area contributed by atoms with E-state index in [2.05, 4.69) is 5.32 Å². The maximum Gasteiger partial charge on any atom is 0.264 e. The van der Waals surface area contributed by atoms with Crippen LogP contribution in [0.4, 0.5) is 5.69 Å². The molecule has 0 unspecified atom stereocenters. The summed E-state index contributed by atoms with van der Waals surface area (Å²) in [6.45, 7) is 3.37. The van der Waals surface area contributed by atoms with Gasteiger partial charge in [-0.1, -0.05) is 41.4 Å². The fourth-order valence-electron chi connectivity index (χ4n) is 3.38. The maximum absolute atomic E-state index is 13.5. The highest BCUT2D eigenvalue weighted by Crippen LogP contribution is 2.31. The average molecular weight is 503 g/mol. The molecule has 0 saturated heterocycles. The number of carbonyl (C=O) groups is 1. The number of benzene rings is 3. The smallest absolute Gasteiger partial charge is 0.264 e. The van der Waals surface area contributed by atoms with Crippen molar-refractivity contribution in [2.75, 3.05) is 25.1 Å². The zero-order valence-electron chi connectivity index (χ0n) is 19.5. The maximum atomic E-state index is 13.5. The van der Waals surface area contributed by atoms with E-state index >= 15 is 0 Å². The summed E-state index contributed by atoms with van der Waals surface area (Å²) in [5, 5.41) is 3.19. The van der Waals surface area contributed by atoms with Gasteiger partial charge in [-0.15, -0.1) is 0 Å². The molecule has 0 spiro atoms. The number of halogens is 1. The second kappa shape index (κ2) is 10.8. The molecule has 1 N–H and O–H groups in total. The molecule has 0 heterocycles. The highest BCUT2D eigenvalue weighted by Gasteiger charge is 2.28. The van der Waals surface area contributed by atoms with E-state index in [1.807, 2.05) is 6.92 Å². The number of hydrogen-bond donors (Lipinski definition) is 1. The average Bonchev–Trinajstić information content (AvgIpc) is 2.83. The Bertz CT molecular complexity index is 1280. The van der Waals surface area contributed by atoms with Gasteiger partial charge in [-0.05, 0) is 61.4 Å². The molecule has 0 aliphatic carbocycles. The lowest BCUT2D eigenvalue weighted by Gasteiger charge is -2.26. The van der Waals surface area contributed by atoms with Crippen LogP contribution in [0.1, 0.15) is 16.7 Å². The molecular formula is C25H27ClN2O5S. The van der Waals surface area contributed by atoms with Crippen LogP contribution >= 0.6 is 11.6 Å². The summed E-state index contributed by atoms with van der Waals surface area (Å²) in [4.78, 5) is 13.0. The molecule has 3 rings (SSSR count). The van der Waals surface area contributed by atoms with Crippen molar-refractivity contribution in [1.29, 1.82) is 0 Å². The lowest BCUT2D eigenvalue weighted by Crippen LogP contribution is -2.41. The van der Waals surface area contributed by atoms with Gasteiger partial charge in [-0.2, -0.15) is 0 Å². The third-order valence-electron chi connectivity index (χ3n) is 5.34. The number of hydrogen-bond acceptors (Lipinski definition) is 5. The van der Waals surface area contributed by atoms with Crippen molar-refractivity contribution in [3.05, 3.63) is 82.4 Å². The number of amides is 1. The van der Waals surface area contributed by atoms with Crippen molar-refractivity contribution in [2.24, 2.45) is 0 Å². The summed E-state index contributed by atoms with van der Waals surface area (Å²) >= 11 is 6.26. The molecule has 0 saturated carbocycles. The van der Waals surface area contributed by atoms with Crippen LogP contribution < -0.4 is 19.1 Å². The fraction of sp³-hybridized carbons (Fsp3) is 0.240. The number of ether oxygens (including phenoxy) is 2. The number of methoxy groups -OCH3 is 2. The number of nitrogens with zero attached hydrogens (tertiary/aromatic N) is 1. The summed E-state index contributed by atoms with van der Waals surface area (Å²) in [6.07, 6.45) is 0. The highest BCUT2D eigenvalue weighted by atomic mass is 35.5. The number of anilines is 1. The van der Waals surface area contributed by atoms with E-state index in [0.29, 0.717) is 27.8 Å². The second-order valence-electron chi connectivity index (χ2n) is 7.67. The van der Waals surface area contributed by atoms with Gasteiger partial charge in [0.05, 0.1) is 24.8 Å². The molecule has 9 heteroatoms. The zero-order chi connectivity index (χ0) is 24.9. The van der Waals surface area contributed by atoms with E-state index in [1.165, 1.54) is 19.2 Å². The van der Waals surface area contributed by atoms with Crippen molar-refractivity contribution >= 4 is 33.2 Å². The largest absolute Gasteiger partial charge is 0.493 e. The Morgan fingerprint density at radius 1 is 0.971 bits per heavy atom. The third kappa shape index (κ3) is 5.63. The normalized spacial score (nSPS) is 11.1. The fourth-order valence-corrected chi connectivity index (χ4v) is 5.03. The first-order valence-electron chi connectivity index (χ1n) is 10.5. The minimum atomic E-state index is -4.03. The Morgan fingerprint density at radius 3 is 2.29 bits per heavy atom. The van der Waals surface area contributed by atoms with Gasteiger partial charge in [0.15, 0.2) is 11.5 Å². The monoisotopic (exact) mass is 502 g/mol. The summed E-state index contributed by atoms with van der Waals surface area (Å²) in [7, 11) is -0.960. The van der Waals surface area contributed by atoms with Crippen molar-refractivity contribution in [2.45, 2.75) is 25.3 Å². The molecule has 34 heavy (non-hydrogen) atoms. The van der Waals surface area contributed by atoms with Gasteiger partial charge in [-0.3, -0.25) is 9.10 Å². The summed E-state index contributed by atoms with van der Waals surface area (Å²) in [5.74, 6) is 0.640. The molecular weight excluding hydrogens is 476 g/mol. The number of rotatable bonds is 9. The SMILES string of the molecule is COc1ccc(CNC(=O)CN(c2cccc(Cl)c2C)S(=O)(=O)c2ccc(C)cc2)cc1OC. The lowest BCUT2D eigenvalue weighted by molar-refractivity contribution is -0.119. The van der Waals surface area contributed by atoms with E-state index in [9.17, 15) is 13.2 Å². The van der Waals surface area contributed by atoms with Crippen molar-refractivity contribution < 1.29 is 22.7 Å². The summed E-state index contributed by atoms with van der Waals surface area (Å²) in [5.41, 5.74) is 2.61. The van der Waals surface area contributed by atoms with Crippen molar-refractivity contribution in [1.82, 2.24) is 5.32 Å². The van der Waals surface area contributed by atoms with Crippen LogP contribution in [0.15, 0.2) is 65.6 Å². The highest BCUT2D eigenvalue weighted by molar-refractivity contribution is 7.92. The Kier molecular flexibility index (Phi) is 8.06. The molecule has 180 valence electrons. The van der Waals surface area contributed by atoms with Crippen molar-refractivity contribution in [3.63, 3.8) is 0 Å². The second-order valence-corrected chi connectivity index (χ2v) is 9.94. The predicted molar refractivity (Wildman–Crippen MR) is 133 cm³/mol. The van der Waals surface area contributed by atoms with E-state index in [4.69, 9.17) is 21.1 Å². The number of aryl methyl sites for hydroxylation is 1. The Labute approximate surface area is 205 Å². The standard InChI is InChI=1S/C25H27ClN2O5S/c1-17-8-11-20(12-9-17)34(30,31)28(22-7-5-6-21(26)18(22)2)16-25(29)27-15-19-10-13-23(32-3)24(14-19)33-4/h5-14H,15-16H2,1-4H3,(H,27,29). The first kappa shape index (κ1) is 25.4. The first-order chi connectivity index (χ1) is 16.2. The van der Waals surface area contributed by atoms with E-state index in [0.717, 1.165) is 15.4 Å². The van der Waals surface area contributed by atoms with Crippen LogP contribution in [0.25, 0.3) is 0 Å². The first-order valence-corrected chi connectivity index (χ1v) is 12.3. The molecule has 0 fully saturated rings. The van der Waals surface area contributed by atoms with Gasteiger partial charge >= 0.3 is 0 Å². The van der Waals surface area contributed by atoms with Crippen molar-refractivity contribution in [3.8, 4) is 11.5 Å². The van der Waals surface area contributed by atoms with Crippen LogP contribution in [-0.2, 0) is 21.4 Å². The molecule has 3 aromatic carbocycles. The molecule has 0 aromatic heterocycles. The molecule has 3 aromatic rings. The Hall–Kier alpha value is -3.23. The molecule has 1 amide bonds. The van der Waals surface area contributed by atoms with Gasteiger partial charge in [-0.25, -0.2) is 8.42 Å². The summed E-state index contributed by atoms with van der Waals surface area (Å²) in [6, 6.07) is 16.7. The van der Waals surface area contributed by atoms with Crippen LogP contribution in [0.3, 0.4) is 0 Å². The number of nitrogens with one attached hydrogen (secondary N) is 1. The minimum absolute atomic E-state index is 0.0881. The molecule has 0 aliphatic heterocycles. The molecule has 0 atom stereocenters. The van der Waals surface area contributed by atoms with Crippen LogP contribution in [0.5, 0.6) is 11.5 Å². The van der Waals surface area contributed by atoms with Gasteiger partial charge < -0.3 is 14.8 Å². The van der Waals surface area contributed by atoms with E-state index < -0.39 is 22.5 Å². The Balaban J connectivity index is 1.88. The van der Waals surface area contributed by atoms with E-state index in [-0.39, 0.29) is 11.4 Å². The topological polar surface area (TPSA) is 84.9 Å². The number of sulfonamides is 1. The minimum Gasteiger partial charge on any atom is -0.493 e. The van der Waals surface area contributed by atoms with Gasteiger partial charge in [0.25, 0.3) is 10.0 Å². The van der Waals surface area contributed by atoms with Crippen LogP contribution in [-0.4, -0.2) is 35.1 Å². The molecule has 0 aliphatic rings. The van der Waals surface area contributed by atoms with Crippen LogP contribution in [0, 0.1) is 13.8 Å². The Morgan fingerprint density at radius 2 is 1.65 bits per heavy atom. The third-order valence-corrected chi connectivity index (χ3v) is 7.53. The predicted octanol–water partition coefficient (Wildman–Crippen LogP) is 4.49. The molecule has 0 radical (unpaired) electrons. The molecule has 7 nitrogen and oxygen atoms in total. The quantitative estimate of drug-likeness (QED) is 0.466. The number of carbonyl (C=O) groups excluding carboxylic acids is 1. The molecule has 0 bridgehead atoms. The van der Waals surface area contributed by atoms with Crippen LogP contribution in [0.2, 0.25) is 5.02 Å². The summed E-state index contributed by atoms with van der Waals surface area (Å²) < 4.78 is 38.7. The van der Waals surface area contributed by atoms with Gasteiger partial charge in [0.2, 0.25) is 5.91 Å². The van der Waals surface area contributed by atoms with Gasteiger partial charge in [0.1, 0.15) is 6.54 Å². The van der Waals surface area contributed by atoms with E-state index in [1.54, 1.807) is 62.6 Å². The zero-order valence-corrected chi connectivity index (χ0v) is 21.0.